The van der Waals surface area contributed by atoms with Crippen LogP contribution in [0, 0.1) is 11.8 Å². The van der Waals surface area contributed by atoms with Crippen molar-refractivity contribution in [3.8, 4) is 0 Å². The lowest BCUT2D eigenvalue weighted by molar-refractivity contribution is 0.414. The summed E-state index contributed by atoms with van der Waals surface area (Å²) in [4.78, 5) is 0. The Morgan fingerprint density at radius 2 is 2.31 bits per heavy atom. The van der Waals surface area contributed by atoms with E-state index in [0.29, 0.717) is 0 Å². The van der Waals surface area contributed by atoms with E-state index >= 15 is 0 Å². The van der Waals surface area contributed by atoms with Gasteiger partial charge in [-0.05, 0) is 32.3 Å². The molecule has 1 saturated carbocycles. The van der Waals surface area contributed by atoms with Crippen molar-refractivity contribution in [1.82, 2.24) is 5.01 Å². The summed E-state index contributed by atoms with van der Waals surface area (Å²) in [6.45, 7) is 4.06. The van der Waals surface area contributed by atoms with Crippen LogP contribution in [0.4, 0.5) is 0 Å². The van der Waals surface area contributed by atoms with Crippen LogP contribution < -0.4 is 0 Å². The van der Waals surface area contributed by atoms with Crippen LogP contribution >= 0.6 is 0 Å². The Bertz CT molecular complexity index is 295. The lowest BCUT2D eigenvalue weighted by atomic mass is 10.1. The molecule has 70 valence electrons. The number of allylic oxidation sites excluding steroid dienone is 4. The Morgan fingerprint density at radius 1 is 1.54 bits per heavy atom. The maximum absolute atomic E-state index is 4.43. The standard InChI is InChI=1S/C11H16N2/c1-8(2)12-13(3)11-6-4-5-9-7-10(9)11/h4-6,9-10H,7H2,1-3H3. The normalized spacial score (nSPS) is 29.0. The van der Waals surface area contributed by atoms with Gasteiger partial charge >= 0.3 is 0 Å². The molecule has 0 aromatic heterocycles. The third-order valence-corrected chi connectivity index (χ3v) is 2.57. The summed E-state index contributed by atoms with van der Waals surface area (Å²) in [6, 6.07) is 0. The first-order chi connectivity index (χ1) is 6.18. The van der Waals surface area contributed by atoms with Gasteiger partial charge in [0.05, 0.1) is 0 Å². The molecule has 2 aliphatic rings. The predicted octanol–water partition coefficient (Wildman–Crippen LogP) is 2.40. The highest BCUT2D eigenvalue weighted by Crippen LogP contribution is 2.48. The molecule has 2 atom stereocenters. The van der Waals surface area contributed by atoms with E-state index in [4.69, 9.17) is 0 Å². The Labute approximate surface area is 79.6 Å². The smallest absolute Gasteiger partial charge is 0.0401 e. The summed E-state index contributed by atoms with van der Waals surface area (Å²) in [5.41, 5.74) is 2.48. The molecule has 0 spiro atoms. The lowest BCUT2D eigenvalue weighted by Gasteiger charge is -2.18. The second-order valence-electron chi connectivity index (χ2n) is 4.05. The van der Waals surface area contributed by atoms with Gasteiger partial charge in [-0.1, -0.05) is 12.2 Å². The van der Waals surface area contributed by atoms with Gasteiger partial charge in [0.15, 0.2) is 0 Å². The van der Waals surface area contributed by atoms with Gasteiger partial charge in [-0.3, -0.25) is 5.01 Å². The van der Waals surface area contributed by atoms with Crippen molar-refractivity contribution in [2.24, 2.45) is 16.9 Å². The predicted molar refractivity (Wildman–Crippen MR) is 55.4 cm³/mol. The summed E-state index contributed by atoms with van der Waals surface area (Å²) < 4.78 is 0. The Balaban J connectivity index is 2.12. The molecule has 1 fully saturated rings. The third-order valence-electron chi connectivity index (χ3n) is 2.57. The molecule has 0 radical (unpaired) electrons. The van der Waals surface area contributed by atoms with Crippen molar-refractivity contribution in [3.05, 3.63) is 23.9 Å². The average Bonchev–Trinajstić information content (AvgIpc) is 2.79. The van der Waals surface area contributed by atoms with Crippen LogP contribution in [0.25, 0.3) is 0 Å². The number of rotatable bonds is 2. The summed E-state index contributed by atoms with van der Waals surface area (Å²) >= 11 is 0. The first kappa shape index (κ1) is 8.54. The summed E-state index contributed by atoms with van der Waals surface area (Å²) in [5, 5.41) is 6.44. The topological polar surface area (TPSA) is 15.6 Å². The second-order valence-corrected chi connectivity index (χ2v) is 4.05. The molecule has 0 saturated heterocycles. The van der Waals surface area contributed by atoms with Crippen LogP contribution in [-0.4, -0.2) is 17.8 Å². The van der Waals surface area contributed by atoms with E-state index < -0.39 is 0 Å². The number of fused-ring (bicyclic) bond motifs is 1. The van der Waals surface area contributed by atoms with Crippen molar-refractivity contribution in [1.29, 1.82) is 0 Å². The molecule has 2 rings (SSSR count). The molecule has 2 aliphatic carbocycles. The van der Waals surface area contributed by atoms with Crippen molar-refractivity contribution in [2.45, 2.75) is 20.3 Å². The Hall–Kier alpha value is -1.05. The molecule has 0 N–H and O–H groups in total. The molecule has 0 aromatic rings. The fraction of sp³-hybridized carbons (Fsp3) is 0.545. The molecule has 0 aromatic carbocycles. The van der Waals surface area contributed by atoms with Crippen molar-refractivity contribution >= 4 is 5.71 Å². The molecule has 2 nitrogen and oxygen atoms in total. The van der Waals surface area contributed by atoms with Crippen LogP contribution in [0.2, 0.25) is 0 Å². The number of nitrogens with zero attached hydrogens (tertiary/aromatic N) is 2. The largest absolute Gasteiger partial charge is 0.272 e. The summed E-state index contributed by atoms with van der Waals surface area (Å²) in [5.74, 6) is 1.55. The lowest BCUT2D eigenvalue weighted by Crippen LogP contribution is -2.15. The first-order valence-corrected chi connectivity index (χ1v) is 4.82. The number of hydrogen-bond donors (Lipinski definition) is 0. The van der Waals surface area contributed by atoms with E-state index in [-0.39, 0.29) is 0 Å². The molecule has 13 heavy (non-hydrogen) atoms. The third kappa shape index (κ3) is 1.67. The molecule has 0 bridgehead atoms. The van der Waals surface area contributed by atoms with Gasteiger partial charge in [0.25, 0.3) is 0 Å². The van der Waals surface area contributed by atoms with Crippen LogP contribution in [0.1, 0.15) is 20.3 Å². The molecule has 0 amide bonds. The molecular formula is C11H16N2. The SMILES string of the molecule is CC(C)=NN(C)C1=CC=CC2CC12. The summed E-state index contributed by atoms with van der Waals surface area (Å²) in [7, 11) is 2.04. The minimum atomic E-state index is 0.748. The quantitative estimate of drug-likeness (QED) is 0.466. The number of hydrazone groups is 1. The van der Waals surface area contributed by atoms with E-state index in [1.165, 1.54) is 12.1 Å². The maximum atomic E-state index is 4.43. The van der Waals surface area contributed by atoms with Crippen LogP contribution in [-0.2, 0) is 0 Å². The highest BCUT2D eigenvalue weighted by atomic mass is 15.4. The van der Waals surface area contributed by atoms with Gasteiger partial charge in [-0.25, -0.2) is 0 Å². The second kappa shape index (κ2) is 3.02. The van der Waals surface area contributed by atoms with Crippen LogP contribution in [0.3, 0.4) is 0 Å². The zero-order valence-corrected chi connectivity index (χ0v) is 8.49. The fourth-order valence-corrected chi connectivity index (χ4v) is 1.89. The van der Waals surface area contributed by atoms with Crippen LogP contribution in [0.15, 0.2) is 29.0 Å². The Kier molecular flexibility index (Phi) is 1.98. The zero-order valence-electron chi connectivity index (χ0n) is 8.49. The minimum absolute atomic E-state index is 0.748. The van der Waals surface area contributed by atoms with E-state index in [0.717, 1.165) is 17.5 Å². The molecule has 0 heterocycles. The van der Waals surface area contributed by atoms with Gasteiger partial charge < -0.3 is 0 Å². The highest BCUT2D eigenvalue weighted by molar-refractivity contribution is 5.78. The van der Waals surface area contributed by atoms with Crippen molar-refractivity contribution < 1.29 is 0 Å². The van der Waals surface area contributed by atoms with Gasteiger partial charge in [0.2, 0.25) is 0 Å². The Morgan fingerprint density at radius 3 is 3.00 bits per heavy atom. The van der Waals surface area contributed by atoms with E-state index in [2.05, 4.69) is 23.3 Å². The number of hydrogen-bond acceptors (Lipinski definition) is 2. The zero-order chi connectivity index (χ0) is 9.42. The van der Waals surface area contributed by atoms with Crippen molar-refractivity contribution in [3.63, 3.8) is 0 Å². The molecule has 2 unspecified atom stereocenters. The molecular weight excluding hydrogens is 160 g/mol. The summed E-state index contributed by atoms with van der Waals surface area (Å²) in [6.07, 6.45) is 7.94. The average molecular weight is 176 g/mol. The first-order valence-electron chi connectivity index (χ1n) is 4.82. The fourth-order valence-electron chi connectivity index (χ4n) is 1.89. The van der Waals surface area contributed by atoms with E-state index in [1.807, 2.05) is 25.9 Å². The van der Waals surface area contributed by atoms with Gasteiger partial charge in [0.1, 0.15) is 0 Å². The monoisotopic (exact) mass is 176 g/mol. The minimum Gasteiger partial charge on any atom is -0.272 e. The molecule has 2 heteroatoms. The van der Waals surface area contributed by atoms with Gasteiger partial charge in [-0.2, -0.15) is 5.10 Å². The van der Waals surface area contributed by atoms with Crippen molar-refractivity contribution in [2.75, 3.05) is 7.05 Å². The van der Waals surface area contributed by atoms with Gasteiger partial charge in [-0.15, -0.1) is 0 Å². The highest BCUT2D eigenvalue weighted by Gasteiger charge is 2.40. The van der Waals surface area contributed by atoms with Gasteiger partial charge in [0, 0.05) is 24.4 Å². The molecule has 0 aliphatic heterocycles. The maximum Gasteiger partial charge on any atom is 0.0401 e. The van der Waals surface area contributed by atoms with E-state index in [1.54, 1.807) is 0 Å². The van der Waals surface area contributed by atoms with E-state index in [9.17, 15) is 0 Å². The van der Waals surface area contributed by atoms with Crippen LogP contribution in [0.5, 0.6) is 0 Å².